The number of carbonyl (C=O) groups is 1. The van der Waals surface area contributed by atoms with Gasteiger partial charge in [-0.25, -0.2) is 8.42 Å². The van der Waals surface area contributed by atoms with E-state index < -0.39 is 14.6 Å². The average molecular weight is 299 g/mol. The smallest absolute Gasteiger partial charge is 0.253 e. The van der Waals surface area contributed by atoms with E-state index >= 15 is 0 Å². The van der Waals surface area contributed by atoms with E-state index in [4.69, 9.17) is 5.84 Å². The van der Waals surface area contributed by atoms with Crippen LogP contribution in [0.25, 0.3) is 0 Å². The van der Waals surface area contributed by atoms with E-state index in [2.05, 4.69) is 10.7 Å². The molecule has 1 aromatic carbocycles. The number of nitrogen functional groups attached to an aromatic ring is 1. The maximum atomic E-state index is 12.1. The second-order valence-corrected chi connectivity index (χ2v) is 8.06. The van der Waals surface area contributed by atoms with Crippen LogP contribution in [0.4, 0.5) is 5.69 Å². The Morgan fingerprint density at radius 1 is 1.35 bits per heavy atom. The summed E-state index contributed by atoms with van der Waals surface area (Å²) in [5.41, 5.74) is 4.24. The van der Waals surface area contributed by atoms with Gasteiger partial charge in [-0.2, -0.15) is 0 Å². The Labute approximate surface area is 119 Å². The van der Waals surface area contributed by atoms with Gasteiger partial charge >= 0.3 is 0 Å². The predicted molar refractivity (Wildman–Crippen MR) is 80.2 cm³/mol. The molecule has 0 aliphatic carbocycles. The lowest BCUT2D eigenvalue weighted by Gasteiger charge is -2.23. The summed E-state index contributed by atoms with van der Waals surface area (Å²) in [6.45, 7) is 5.03. The van der Waals surface area contributed by atoms with Gasteiger partial charge in [-0.05, 0) is 32.9 Å². The van der Waals surface area contributed by atoms with E-state index in [0.29, 0.717) is 11.3 Å². The number of hydrazine groups is 1. The molecule has 0 spiro atoms. The molecule has 0 saturated heterocycles. The lowest BCUT2D eigenvalue weighted by molar-refractivity contribution is 0.0951. The highest BCUT2D eigenvalue weighted by Gasteiger charge is 2.30. The highest BCUT2D eigenvalue weighted by atomic mass is 32.2. The minimum Gasteiger partial charge on any atom is -0.350 e. The molecule has 0 atom stereocenters. The fourth-order valence-corrected chi connectivity index (χ4v) is 1.83. The van der Waals surface area contributed by atoms with Crippen LogP contribution >= 0.6 is 0 Å². The summed E-state index contributed by atoms with van der Waals surface area (Å²) in [4.78, 5) is 12.1. The summed E-state index contributed by atoms with van der Waals surface area (Å²) in [5, 5.41) is 2.63. The summed E-state index contributed by atoms with van der Waals surface area (Å²) < 4.78 is 22.2. The number of amides is 1. The van der Waals surface area contributed by atoms with Crippen molar-refractivity contribution in [3.05, 3.63) is 29.3 Å². The highest BCUT2D eigenvalue weighted by molar-refractivity contribution is 7.92. The van der Waals surface area contributed by atoms with Gasteiger partial charge < -0.3 is 10.7 Å². The summed E-state index contributed by atoms with van der Waals surface area (Å²) >= 11 is 0. The quantitative estimate of drug-likeness (QED) is 0.552. The van der Waals surface area contributed by atoms with Crippen LogP contribution in [0.1, 0.15) is 29.8 Å². The van der Waals surface area contributed by atoms with Gasteiger partial charge in [-0.1, -0.05) is 11.6 Å². The molecule has 0 aliphatic heterocycles. The van der Waals surface area contributed by atoms with E-state index in [1.54, 1.807) is 26.0 Å². The van der Waals surface area contributed by atoms with Crippen LogP contribution in [0.2, 0.25) is 0 Å². The van der Waals surface area contributed by atoms with Crippen LogP contribution in [0.5, 0.6) is 0 Å². The van der Waals surface area contributed by atoms with E-state index in [1.807, 2.05) is 13.0 Å². The van der Waals surface area contributed by atoms with E-state index in [0.717, 1.165) is 11.8 Å². The Hall–Kier alpha value is -1.60. The van der Waals surface area contributed by atoms with E-state index in [-0.39, 0.29) is 12.5 Å². The first kappa shape index (κ1) is 16.5. The van der Waals surface area contributed by atoms with E-state index in [9.17, 15) is 13.2 Å². The van der Waals surface area contributed by atoms with Crippen molar-refractivity contribution in [2.24, 2.45) is 5.84 Å². The van der Waals surface area contributed by atoms with Crippen molar-refractivity contribution in [2.75, 3.05) is 18.2 Å². The van der Waals surface area contributed by atoms with Crippen LogP contribution in [-0.4, -0.2) is 31.9 Å². The van der Waals surface area contributed by atoms with Crippen molar-refractivity contribution < 1.29 is 13.2 Å². The molecule has 6 nitrogen and oxygen atoms in total. The number of hydrogen-bond acceptors (Lipinski definition) is 5. The zero-order valence-electron chi connectivity index (χ0n) is 12.1. The predicted octanol–water partition coefficient (Wildman–Crippen LogP) is 0.834. The maximum Gasteiger partial charge on any atom is 0.253 e. The lowest BCUT2D eigenvalue weighted by Crippen LogP contribution is -2.43. The van der Waals surface area contributed by atoms with Gasteiger partial charge in [0.05, 0.1) is 16.0 Å². The number of aryl methyl sites for hydroxylation is 1. The summed E-state index contributed by atoms with van der Waals surface area (Å²) in [5.74, 6) is 5.00. The van der Waals surface area contributed by atoms with Gasteiger partial charge in [0, 0.05) is 12.8 Å². The molecule has 4 N–H and O–H groups in total. The summed E-state index contributed by atoms with van der Waals surface area (Å²) in [6, 6.07) is 5.22. The third-order valence-electron chi connectivity index (χ3n) is 3.25. The first-order valence-corrected chi connectivity index (χ1v) is 8.03. The molecule has 0 radical (unpaired) electrons. The Morgan fingerprint density at radius 3 is 2.45 bits per heavy atom. The number of hydrogen-bond donors (Lipinski definition) is 3. The lowest BCUT2D eigenvalue weighted by atomic mass is 10.1. The fraction of sp³-hybridized carbons (Fsp3) is 0.462. The fourth-order valence-electron chi connectivity index (χ4n) is 1.49. The monoisotopic (exact) mass is 299 g/mol. The molecule has 7 heteroatoms. The van der Waals surface area contributed by atoms with Crippen LogP contribution < -0.4 is 16.6 Å². The largest absolute Gasteiger partial charge is 0.350 e. The third-order valence-corrected chi connectivity index (χ3v) is 5.41. The van der Waals surface area contributed by atoms with E-state index in [1.165, 1.54) is 0 Å². The molecule has 0 bridgehead atoms. The minimum atomic E-state index is -3.26. The Morgan fingerprint density at radius 2 is 1.95 bits per heavy atom. The van der Waals surface area contributed by atoms with Crippen molar-refractivity contribution in [3.63, 3.8) is 0 Å². The molecule has 0 fully saturated rings. The number of anilines is 1. The Kier molecular flexibility index (Phi) is 4.77. The highest BCUT2D eigenvalue weighted by Crippen LogP contribution is 2.18. The maximum absolute atomic E-state index is 12.1. The molecule has 0 aliphatic rings. The molecule has 112 valence electrons. The molecule has 1 rings (SSSR count). The van der Waals surface area contributed by atoms with Gasteiger partial charge in [0.1, 0.15) is 0 Å². The van der Waals surface area contributed by atoms with Crippen molar-refractivity contribution in [1.29, 1.82) is 0 Å². The number of nitrogens with one attached hydrogen (secondary N) is 2. The SMILES string of the molecule is Cc1ccc(NN)c(C(=O)NCC(C)(C)S(C)(=O)=O)c1. The molecule has 1 amide bonds. The first-order chi connectivity index (χ1) is 9.08. The second kappa shape index (κ2) is 5.80. The number of benzene rings is 1. The zero-order chi connectivity index (χ0) is 15.6. The summed E-state index contributed by atoms with van der Waals surface area (Å²) in [6.07, 6.45) is 1.15. The zero-order valence-corrected chi connectivity index (χ0v) is 13.0. The third kappa shape index (κ3) is 3.71. The molecule has 0 aromatic heterocycles. The van der Waals surface area contributed by atoms with Gasteiger partial charge in [-0.3, -0.25) is 10.6 Å². The van der Waals surface area contributed by atoms with Crippen LogP contribution in [0.15, 0.2) is 18.2 Å². The normalized spacial score (nSPS) is 12.1. The van der Waals surface area contributed by atoms with Gasteiger partial charge in [0.25, 0.3) is 5.91 Å². The van der Waals surface area contributed by atoms with Crippen molar-refractivity contribution >= 4 is 21.4 Å². The van der Waals surface area contributed by atoms with Crippen LogP contribution in [-0.2, 0) is 9.84 Å². The molecule has 20 heavy (non-hydrogen) atoms. The molecular weight excluding hydrogens is 278 g/mol. The molecule has 0 heterocycles. The minimum absolute atomic E-state index is 0.0304. The number of rotatable bonds is 5. The Bertz CT molecular complexity index is 609. The molecular formula is C13H21N3O3S. The number of carbonyl (C=O) groups excluding carboxylic acids is 1. The molecule has 0 saturated carbocycles. The Balaban J connectivity index is 2.91. The second-order valence-electron chi connectivity index (χ2n) is 5.41. The van der Waals surface area contributed by atoms with Gasteiger partial charge in [0.15, 0.2) is 9.84 Å². The summed E-state index contributed by atoms with van der Waals surface area (Å²) in [7, 11) is -3.26. The molecule has 0 unspecified atom stereocenters. The number of nitrogens with two attached hydrogens (primary N) is 1. The van der Waals surface area contributed by atoms with Crippen molar-refractivity contribution in [1.82, 2.24) is 5.32 Å². The average Bonchev–Trinajstić information content (AvgIpc) is 2.34. The van der Waals surface area contributed by atoms with Gasteiger partial charge in [-0.15, -0.1) is 0 Å². The number of sulfone groups is 1. The van der Waals surface area contributed by atoms with Crippen LogP contribution in [0, 0.1) is 6.92 Å². The van der Waals surface area contributed by atoms with Gasteiger partial charge in [0.2, 0.25) is 0 Å². The standard InChI is InChI=1S/C13H21N3O3S/c1-9-5-6-11(16-14)10(7-9)12(17)15-8-13(2,3)20(4,18)19/h5-7,16H,8,14H2,1-4H3,(H,15,17). The molecule has 1 aromatic rings. The first-order valence-electron chi connectivity index (χ1n) is 6.13. The topological polar surface area (TPSA) is 101 Å². The van der Waals surface area contributed by atoms with Crippen molar-refractivity contribution in [3.8, 4) is 0 Å². The van der Waals surface area contributed by atoms with Crippen molar-refractivity contribution in [2.45, 2.75) is 25.5 Å². The van der Waals surface area contributed by atoms with Crippen LogP contribution in [0.3, 0.4) is 0 Å².